The Balaban J connectivity index is 2.41. The van der Waals surface area contributed by atoms with E-state index in [-0.39, 0.29) is 0 Å². The van der Waals surface area contributed by atoms with Crippen LogP contribution in [0.2, 0.25) is 0 Å². The van der Waals surface area contributed by atoms with E-state index in [1.165, 1.54) is 0 Å². The molecule has 0 atom stereocenters. The largest absolute Gasteiger partial charge is 0.437 e. The third-order valence-corrected chi connectivity index (χ3v) is 3.46. The zero-order valence-corrected chi connectivity index (χ0v) is 13.1. The number of primary amides is 1. The highest BCUT2D eigenvalue weighted by Gasteiger charge is 2.12. The average Bonchev–Trinajstić information content (AvgIpc) is 2.35. The summed E-state index contributed by atoms with van der Waals surface area (Å²) < 4.78 is 6.64. The SMILES string of the molecule is Cc1cnc(Oc2c(C)cc(C(N)=O)cc2C)c(Br)c1. The summed E-state index contributed by atoms with van der Waals surface area (Å²) in [5.41, 5.74) is 8.50. The topological polar surface area (TPSA) is 65.2 Å². The van der Waals surface area contributed by atoms with E-state index in [1.54, 1.807) is 18.3 Å². The van der Waals surface area contributed by atoms with Gasteiger partial charge in [0.05, 0.1) is 4.47 Å². The van der Waals surface area contributed by atoms with Crippen LogP contribution in [-0.4, -0.2) is 10.9 Å². The average molecular weight is 335 g/mol. The van der Waals surface area contributed by atoms with Gasteiger partial charge >= 0.3 is 0 Å². The number of carbonyl (C=O) groups is 1. The first-order valence-corrected chi connectivity index (χ1v) is 6.89. The van der Waals surface area contributed by atoms with Crippen LogP contribution >= 0.6 is 15.9 Å². The number of nitrogens with two attached hydrogens (primary N) is 1. The van der Waals surface area contributed by atoms with Crippen LogP contribution in [0.5, 0.6) is 11.6 Å². The van der Waals surface area contributed by atoms with Crippen molar-refractivity contribution in [2.24, 2.45) is 5.73 Å². The molecule has 104 valence electrons. The minimum atomic E-state index is -0.447. The molecule has 20 heavy (non-hydrogen) atoms. The molecule has 0 radical (unpaired) electrons. The van der Waals surface area contributed by atoms with Crippen molar-refractivity contribution in [1.29, 1.82) is 0 Å². The van der Waals surface area contributed by atoms with Crippen molar-refractivity contribution in [1.82, 2.24) is 4.98 Å². The van der Waals surface area contributed by atoms with Crippen molar-refractivity contribution >= 4 is 21.8 Å². The van der Waals surface area contributed by atoms with Gasteiger partial charge in [0.15, 0.2) is 0 Å². The Labute approximate surface area is 126 Å². The van der Waals surface area contributed by atoms with E-state index >= 15 is 0 Å². The highest BCUT2D eigenvalue weighted by atomic mass is 79.9. The lowest BCUT2D eigenvalue weighted by atomic mass is 10.1. The molecule has 2 N–H and O–H groups in total. The fraction of sp³-hybridized carbons (Fsp3) is 0.200. The van der Waals surface area contributed by atoms with Gasteiger partial charge in [0, 0.05) is 11.8 Å². The van der Waals surface area contributed by atoms with Crippen LogP contribution < -0.4 is 10.5 Å². The Kier molecular flexibility index (Phi) is 4.09. The molecule has 2 rings (SSSR count). The molecule has 1 amide bonds. The van der Waals surface area contributed by atoms with Crippen LogP contribution in [-0.2, 0) is 0 Å². The molecule has 0 fully saturated rings. The summed E-state index contributed by atoms with van der Waals surface area (Å²) in [4.78, 5) is 15.5. The molecule has 0 spiro atoms. The van der Waals surface area contributed by atoms with E-state index in [1.807, 2.05) is 26.8 Å². The number of aromatic nitrogens is 1. The van der Waals surface area contributed by atoms with Gasteiger partial charge in [-0.1, -0.05) is 0 Å². The quantitative estimate of drug-likeness (QED) is 0.931. The molecule has 1 aromatic carbocycles. The minimum Gasteiger partial charge on any atom is -0.437 e. The number of rotatable bonds is 3. The van der Waals surface area contributed by atoms with Crippen molar-refractivity contribution in [3.05, 3.63) is 51.1 Å². The molecule has 0 bridgehead atoms. The van der Waals surface area contributed by atoms with E-state index < -0.39 is 5.91 Å². The molecule has 0 saturated heterocycles. The number of amides is 1. The third kappa shape index (κ3) is 2.99. The number of aryl methyl sites for hydroxylation is 3. The molecule has 0 unspecified atom stereocenters. The first-order chi connectivity index (χ1) is 9.38. The van der Waals surface area contributed by atoms with Crippen molar-refractivity contribution in [3.8, 4) is 11.6 Å². The number of halogens is 1. The van der Waals surface area contributed by atoms with Gasteiger partial charge in [0.1, 0.15) is 5.75 Å². The first-order valence-electron chi connectivity index (χ1n) is 6.09. The van der Waals surface area contributed by atoms with Crippen molar-refractivity contribution in [2.75, 3.05) is 0 Å². The fourth-order valence-electron chi connectivity index (χ4n) is 1.95. The Morgan fingerprint density at radius 2 is 1.80 bits per heavy atom. The predicted octanol–water partition coefficient (Wildman–Crippen LogP) is 3.66. The molecule has 1 aromatic heterocycles. The van der Waals surface area contributed by atoms with Crippen LogP contribution in [0.25, 0.3) is 0 Å². The maximum absolute atomic E-state index is 11.2. The van der Waals surface area contributed by atoms with Gasteiger partial charge in [-0.25, -0.2) is 4.98 Å². The van der Waals surface area contributed by atoms with Crippen LogP contribution in [0.3, 0.4) is 0 Å². The summed E-state index contributed by atoms with van der Waals surface area (Å²) >= 11 is 3.43. The van der Waals surface area contributed by atoms with E-state index in [0.717, 1.165) is 21.2 Å². The molecule has 5 heteroatoms. The van der Waals surface area contributed by atoms with E-state index in [2.05, 4.69) is 20.9 Å². The fourth-order valence-corrected chi connectivity index (χ4v) is 2.49. The van der Waals surface area contributed by atoms with Gasteiger partial charge in [0.2, 0.25) is 11.8 Å². The van der Waals surface area contributed by atoms with Crippen molar-refractivity contribution in [3.63, 3.8) is 0 Å². The van der Waals surface area contributed by atoms with Crippen molar-refractivity contribution < 1.29 is 9.53 Å². The highest BCUT2D eigenvalue weighted by Crippen LogP contribution is 2.32. The van der Waals surface area contributed by atoms with Gasteiger partial charge in [-0.3, -0.25) is 4.79 Å². The molecule has 0 aliphatic rings. The number of benzene rings is 1. The standard InChI is InChI=1S/C15H15BrN2O2/c1-8-4-12(16)15(18-7-8)20-13-9(2)5-11(14(17)19)6-10(13)3/h4-7H,1-3H3,(H2,17,19). The van der Waals surface area contributed by atoms with Crippen molar-refractivity contribution in [2.45, 2.75) is 20.8 Å². The van der Waals surface area contributed by atoms with E-state index in [9.17, 15) is 4.79 Å². The van der Waals surface area contributed by atoms with Gasteiger partial charge in [-0.2, -0.15) is 0 Å². The molecule has 0 aliphatic heterocycles. The number of hydrogen-bond donors (Lipinski definition) is 1. The summed E-state index contributed by atoms with van der Waals surface area (Å²) in [6.07, 6.45) is 1.74. The second-order valence-electron chi connectivity index (χ2n) is 4.71. The minimum absolute atomic E-state index is 0.447. The Bertz CT molecular complexity index is 661. The van der Waals surface area contributed by atoms with Crippen LogP contribution in [0.1, 0.15) is 27.0 Å². The zero-order valence-electron chi connectivity index (χ0n) is 11.5. The molecule has 1 heterocycles. The number of carbonyl (C=O) groups excluding carboxylic acids is 1. The lowest BCUT2D eigenvalue weighted by Gasteiger charge is -2.13. The zero-order chi connectivity index (χ0) is 14.9. The third-order valence-electron chi connectivity index (χ3n) is 2.89. The monoisotopic (exact) mass is 334 g/mol. The number of pyridine rings is 1. The van der Waals surface area contributed by atoms with Gasteiger partial charge < -0.3 is 10.5 Å². The lowest BCUT2D eigenvalue weighted by Crippen LogP contribution is -2.11. The summed E-state index contributed by atoms with van der Waals surface area (Å²) in [7, 11) is 0. The smallest absolute Gasteiger partial charge is 0.248 e. The van der Waals surface area contributed by atoms with Crippen LogP contribution in [0.15, 0.2) is 28.9 Å². The predicted molar refractivity (Wildman–Crippen MR) is 81.2 cm³/mol. The first kappa shape index (κ1) is 14.5. The normalized spacial score (nSPS) is 10.4. The Morgan fingerprint density at radius 1 is 1.20 bits per heavy atom. The Hall–Kier alpha value is -1.88. The summed E-state index contributed by atoms with van der Waals surface area (Å²) in [6, 6.07) is 5.37. The highest BCUT2D eigenvalue weighted by molar-refractivity contribution is 9.10. The molecule has 4 nitrogen and oxygen atoms in total. The van der Waals surface area contributed by atoms with E-state index in [4.69, 9.17) is 10.5 Å². The van der Waals surface area contributed by atoms with Gasteiger partial charge in [0.25, 0.3) is 0 Å². The number of ether oxygens (including phenoxy) is 1. The summed E-state index contributed by atoms with van der Waals surface area (Å²) in [5.74, 6) is 0.734. The van der Waals surface area contributed by atoms with Crippen LogP contribution in [0, 0.1) is 20.8 Å². The second-order valence-corrected chi connectivity index (χ2v) is 5.56. The maximum atomic E-state index is 11.2. The van der Waals surface area contributed by atoms with E-state index in [0.29, 0.717) is 17.2 Å². The second kappa shape index (κ2) is 5.63. The number of hydrogen-bond acceptors (Lipinski definition) is 3. The molecule has 2 aromatic rings. The summed E-state index contributed by atoms with van der Waals surface area (Å²) in [5, 5.41) is 0. The Morgan fingerprint density at radius 3 is 2.30 bits per heavy atom. The maximum Gasteiger partial charge on any atom is 0.248 e. The van der Waals surface area contributed by atoms with Gasteiger partial charge in [-0.05, 0) is 71.6 Å². The van der Waals surface area contributed by atoms with Crippen LogP contribution in [0.4, 0.5) is 0 Å². The molecular formula is C15H15BrN2O2. The lowest BCUT2D eigenvalue weighted by molar-refractivity contribution is 0.1000. The molecule has 0 saturated carbocycles. The molecular weight excluding hydrogens is 320 g/mol. The summed E-state index contributed by atoms with van der Waals surface area (Å²) in [6.45, 7) is 5.70. The number of nitrogens with zero attached hydrogens (tertiary/aromatic N) is 1. The van der Waals surface area contributed by atoms with Gasteiger partial charge in [-0.15, -0.1) is 0 Å². The molecule has 0 aliphatic carbocycles.